The summed E-state index contributed by atoms with van der Waals surface area (Å²) in [6.07, 6.45) is 0. The maximum atomic E-state index is 7.41. The molecule has 11 aromatic rings. The average molecular weight is 794 g/mol. The number of anilines is 3. The summed E-state index contributed by atoms with van der Waals surface area (Å²) in [5.41, 5.74) is 17.7. The molecule has 1 heterocycles. The maximum Gasteiger partial charge on any atom is 0.145 e. The SMILES string of the molecule is CC1(C)c2ccccc2-c2ccc(N(c3ccc4c(c3)C(C)(C)c3ccccc3-4)c3ccc4c(oc5c6ccccc6c6ccccc6c45)c3-c3ccc4ccccc4c3)cc21. The first kappa shape index (κ1) is 35.3. The Kier molecular flexibility index (Phi) is 7.16. The van der Waals surface area contributed by atoms with Crippen molar-refractivity contribution in [2.45, 2.75) is 38.5 Å². The van der Waals surface area contributed by atoms with E-state index in [4.69, 9.17) is 4.42 Å². The third kappa shape index (κ3) is 4.75. The molecule has 13 rings (SSSR count). The Morgan fingerprint density at radius 1 is 0.371 bits per heavy atom. The first-order valence-corrected chi connectivity index (χ1v) is 21.8. The molecule has 62 heavy (non-hydrogen) atoms. The van der Waals surface area contributed by atoms with Crippen LogP contribution < -0.4 is 4.90 Å². The van der Waals surface area contributed by atoms with Crippen molar-refractivity contribution in [3.05, 3.63) is 210 Å². The van der Waals surface area contributed by atoms with Crippen molar-refractivity contribution in [1.82, 2.24) is 0 Å². The molecule has 0 radical (unpaired) electrons. The average Bonchev–Trinajstić information content (AvgIpc) is 3.89. The van der Waals surface area contributed by atoms with Crippen molar-refractivity contribution in [2.75, 3.05) is 4.90 Å². The summed E-state index contributed by atoms with van der Waals surface area (Å²) in [4.78, 5) is 2.51. The number of hydrogen-bond acceptors (Lipinski definition) is 2. The molecule has 2 nitrogen and oxygen atoms in total. The molecule has 0 unspecified atom stereocenters. The molecule has 0 amide bonds. The molecule has 0 saturated heterocycles. The zero-order chi connectivity index (χ0) is 41.5. The summed E-state index contributed by atoms with van der Waals surface area (Å²) < 4.78 is 7.41. The highest BCUT2D eigenvalue weighted by atomic mass is 16.3. The van der Waals surface area contributed by atoms with Crippen LogP contribution in [0.4, 0.5) is 17.1 Å². The van der Waals surface area contributed by atoms with Crippen LogP contribution in [-0.2, 0) is 10.8 Å². The Morgan fingerprint density at radius 3 is 1.53 bits per heavy atom. The second-order valence-corrected chi connectivity index (χ2v) is 18.4. The van der Waals surface area contributed by atoms with Gasteiger partial charge in [-0.1, -0.05) is 173 Å². The number of hydrogen-bond donors (Lipinski definition) is 0. The van der Waals surface area contributed by atoms with Crippen LogP contribution in [0.15, 0.2) is 192 Å². The normalized spacial score (nSPS) is 14.4. The summed E-state index contributed by atoms with van der Waals surface area (Å²) >= 11 is 0. The first-order chi connectivity index (χ1) is 30.3. The summed E-state index contributed by atoms with van der Waals surface area (Å²) in [5, 5.41) is 9.45. The summed E-state index contributed by atoms with van der Waals surface area (Å²) in [5.74, 6) is 0. The third-order valence-corrected chi connectivity index (χ3v) is 14.4. The molecule has 2 aliphatic rings. The molecule has 1 aromatic heterocycles. The lowest BCUT2D eigenvalue weighted by molar-refractivity contribution is 0.660. The number of benzene rings is 10. The Morgan fingerprint density at radius 2 is 0.887 bits per heavy atom. The summed E-state index contributed by atoms with van der Waals surface area (Å²) in [7, 11) is 0. The van der Waals surface area contributed by atoms with E-state index in [1.807, 2.05) is 0 Å². The number of fused-ring (bicyclic) bond motifs is 15. The molecule has 0 saturated carbocycles. The van der Waals surface area contributed by atoms with Gasteiger partial charge in [0.25, 0.3) is 0 Å². The predicted octanol–water partition coefficient (Wildman–Crippen LogP) is 16.8. The van der Waals surface area contributed by atoms with E-state index >= 15 is 0 Å². The molecule has 2 aliphatic carbocycles. The van der Waals surface area contributed by atoms with Crippen LogP contribution >= 0.6 is 0 Å². The predicted molar refractivity (Wildman–Crippen MR) is 261 cm³/mol. The quantitative estimate of drug-likeness (QED) is 0.165. The lowest BCUT2D eigenvalue weighted by Crippen LogP contribution is -2.18. The molecular formula is C60H43NO. The van der Waals surface area contributed by atoms with E-state index in [0.717, 1.165) is 55.5 Å². The molecule has 0 fully saturated rings. The maximum absolute atomic E-state index is 7.41. The largest absolute Gasteiger partial charge is 0.455 e. The van der Waals surface area contributed by atoms with Gasteiger partial charge < -0.3 is 9.32 Å². The summed E-state index contributed by atoms with van der Waals surface area (Å²) in [6.45, 7) is 9.49. The van der Waals surface area contributed by atoms with E-state index in [1.54, 1.807) is 0 Å². The standard InChI is InChI=1S/C60H43NO/c1-59(2)50-23-13-11-19-43(50)45-29-27-39(34-52(45)59)61(40-28-30-46-44-20-12-14-24-51(44)60(3,4)53(46)35-40)54-32-31-49-56-47-21-9-7-17-41(47)42-18-8-10-22-48(42)57(56)62-58(49)55(54)38-26-25-36-15-5-6-16-37(36)33-38/h5-35H,1-4H3. The van der Waals surface area contributed by atoms with Gasteiger partial charge in [-0.3, -0.25) is 0 Å². The fourth-order valence-electron chi connectivity index (χ4n) is 11.4. The Bertz CT molecular complexity index is 3600. The number of nitrogens with zero attached hydrogens (tertiary/aromatic N) is 1. The highest BCUT2D eigenvalue weighted by Crippen LogP contribution is 2.55. The minimum absolute atomic E-state index is 0.166. The lowest BCUT2D eigenvalue weighted by atomic mass is 9.82. The number of rotatable bonds is 4. The highest BCUT2D eigenvalue weighted by Gasteiger charge is 2.38. The second kappa shape index (κ2) is 12.6. The smallest absolute Gasteiger partial charge is 0.145 e. The monoisotopic (exact) mass is 793 g/mol. The molecule has 0 atom stereocenters. The van der Waals surface area contributed by atoms with Gasteiger partial charge in [0.15, 0.2) is 0 Å². The van der Waals surface area contributed by atoms with Crippen LogP contribution in [-0.4, -0.2) is 0 Å². The van der Waals surface area contributed by atoms with Gasteiger partial charge in [0.1, 0.15) is 11.2 Å². The van der Waals surface area contributed by atoms with Crippen molar-refractivity contribution < 1.29 is 4.42 Å². The van der Waals surface area contributed by atoms with Gasteiger partial charge in [-0.15, -0.1) is 0 Å². The van der Waals surface area contributed by atoms with Crippen LogP contribution in [0.5, 0.6) is 0 Å². The molecule has 10 aromatic carbocycles. The topological polar surface area (TPSA) is 16.4 Å². The summed E-state index contributed by atoms with van der Waals surface area (Å²) in [6, 6.07) is 69.8. The van der Waals surface area contributed by atoms with E-state index < -0.39 is 0 Å². The van der Waals surface area contributed by atoms with Gasteiger partial charge >= 0.3 is 0 Å². The van der Waals surface area contributed by atoms with Crippen molar-refractivity contribution in [1.29, 1.82) is 0 Å². The van der Waals surface area contributed by atoms with Gasteiger partial charge in [0.05, 0.1) is 5.69 Å². The van der Waals surface area contributed by atoms with Crippen molar-refractivity contribution in [3.8, 4) is 33.4 Å². The fourth-order valence-corrected chi connectivity index (χ4v) is 11.4. The van der Waals surface area contributed by atoms with Gasteiger partial charge in [0.2, 0.25) is 0 Å². The van der Waals surface area contributed by atoms with Gasteiger partial charge in [0, 0.05) is 43.9 Å². The van der Waals surface area contributed by atoms with Crippen LogP contribution in [0.3, 0.4) is 0 Å². The number of furan rings is 1. The third-order valence-electron chi connectivity index (χ3n) is 14.4. The molecule has 2 heteroatoms. The zero-order valence-corrected chi connectivity index (χ0v) is 35.3. The Balaban J connectivity index is 1.15. The van der Waals surface area contributed by atoms with Crippen molar-refractivity contribution in [3.63, 3.8) is 0 Å². The van der Waals surface area contributed by atoms with E-state index in [-0.39, 0.29) is 10.8 Å². The molecule has 0 N–H and O–H groups in total. The van der Waals surface area contributed by atoms with Crippen molar-refractivity contribution >= 4 is 71.3 Å². The molecule has 294 valence electrons. The van der Waals surface area contributed by atoms with Crippen LogP contribution in [0, 0.1) is 0 Å². The van der Waals surface area contributed by atoms with E-state index in [1.165, 1.54) is 71.4 Å². The minimum Gasteiger partial charge on any atom is -0.455 e. The molecule has 0 bridgehead atoms. The van der Waals surface area contributed by atoms with E-state index in [2.05, 4.69) is 221 Å². The molecule has 0 aliphatic heterocycles. The Labute approximate surface area is 361 Å². The minimum atomic E-state index is -0.166. The highest BCUT2D eigenvalue weighted by molar-refractivity contribution is 6.31. The lowest BCUT2D eigenvalue weighted by Gasteiger charge is -2.31. The van der Waals surface area contributed by atoms with Crippen LogP contribution in [0.2, 0.25) is 0 Å². The van der Waals surface area contributed by atoms with Crippen LogP contribution in [0.25, 0.3) is 87.6 Å². The zero-order valence-electron chi connectivity index (χ0n) is 35.3. The van der Waals surface area contributed by atoms with Gasteiger partial charge in [-0.05, 0) is 119 Å². The van der Waals surface area contributed by atoms with Gasteiger partial charge in [-0.25, -0.2) is 0 Å². The second-order valence-electron chi connectivity index (χ2n) is 18.4. The van der Waals surface area contributed by atoms with Crippen LogP contribution in [0.1, 0.15) is 49.9 Å². The molecule has 0 spiro atoms. The van der Waals surface area contributed by atoms with Crippen molar-refractivity contribution in [2.24, 2.45) is 0 Å². The van der Waals surface area contributed by atoms with E-state index in [0.29, 0.717) is 0 Å². The van der Waals surface area contributed by atoms with E-state index in [9.17, 15) is 0 Å². The fraction of sp³-hybridized carbons (Fsp3) is 0.100. The first-order valence-electron chi connectivity index (χ1n) is 21.8. The van der Waals surface area contributed by atoms with Gasteiger partial charge in [-0.2, -0.15) is 0 Å². The molecular weight excluding hydrogens is 751 g/mol. The Hall–Kier alpha value is -7.42.